The van der Waals surface area contributed by atoms with Crippen molar-refractivity contribution in [3.8, 4) is 11.3 Å². The average molecular weight is 497 g/mol. The van der Waals surface area contributed by atoms with E-state index in [0.29, 0.717) is 22.2 Å². The van der Waals surface area contributed by atoms with Gasteiger partial charge in [-0.1, -0.05) is 17.3 Å². The number of furan rings is 1. The second-order valence-corrected chi connectivity index (χ2v) is 8.02. The second-order valence-electron chi connectivity index (χ2n) is 7.15. The first kappa shape index (κ1) is 23.8. The molecule has 0 spiro atoms. The summed E-state index contributed by atoms with van der Waals surface area (Å²) in [6.45, 7) is 1.20. The van der Waals surface area contributed by atoms with Crippen molar-refractivity contribution >= 4 is 45.1 Å². The predicted molar refractivity (Wildman–Crippen MR) is 126 cm³/mol. The Hall–Kier alpha value is -4.32. The van der Waals surface area contributed by atoms with E-state index >= 15 is 0 Å². The van der Waals surface area contributed by atoms with Crippen LogP contribution < -0.4 is 10.9 Å². The maximum atomic E-state index is 12.5. The molecule has 1 N–H and O–H groups in total. The van der Waals surface area contributed by atoms with Crippen LogP contribution in [0.25, 0.3) is 22.2 Å². The van der Waals surface area contributed by atoms with Crippen LogP contribution in [0.2, 0.25) is 0 Å². The molecule has 3 heterocycles. The Morgan fingerprint density at radius 2 is 1.97 bits per heavy atom. The number of rotatable bonds is 9. The lowest BCUT2D eigenvalue weighted by Crippen LogP contribution is -2.26. The summed E-state index contributed by atoms with van der Waals surface area (Å²) in [5, 5.41) is 12.6. The van der Waals surface area contributed by atoms with E-state index in [0.717, 1.165) is 16.0 Å². The molecule has 0 aliphatic carbocycles. The highest BCUT2D eigenvalue weighted by molar-refractivity contribution is 7.15. The Balaban J connectivity index is 1.35. The molecule has 0 unspecified atom stereocenters. The first-order valence-corrected chi connectivity index (χ1v) is 11.5. The number of hydrogen-bond acceptors (Lipinski definition) is 10. The molecule has 0 saturated carbocycles. The number of benzene rings is 1. The number of aryl methyl sites for hydroxylation is 1. The maximum Gasteiger partial charge on any atom is 0.341 e. The van der Waals surface area contributed by atoms with E-state index in [-0.39, 0.29) is 35.7 Å². The minimum atomic E-state index is -0.699. The number of aromatic nitrogens is 3. The number of carbonyl (C=O) groups is 3. The minimum absolute atomic E-state index is 0.0540. The number of fused-ring (bicyclic) bond motifs is 1. The SMILES string of the molecule is CCOC(=O)c1c(-c2ccco2)csc1NC(=O)COC(=O)CCn1nnc2ccccc2c1=O. The van der Waals surface area contributed by atoms with Crippen molar-refractivity contribution in [3.63, 3.8) is 0 Å². The fourth-order valence-corrected chi connectivity index (χ4v) is 4.17. The lowest BCUT2D eigenvalue weighted by Gasteiger charge is -2.09. The Morgan fingerprint density at radius 1 is 1.14 bits per heavy atom. The zero-order chi connectivity index (χ0) is 24.8. The molecule has 0 aliphatic heterocycles. The molecule has 0 atom stereocenters. The number of amides is 1. The van der Waals surface area contributed by atoms with E-state index in [1.807, 2.05) is 0 Å². The normalized spacial score (nSPS) is 10.8. The molecular formula is C23H20N4O7S. The third kappa shape index (κ3) is 5.44. The number of hydrogen-bond donors (Lipinski definition) is 1. The summed E-state index contributed by atoms with van der Waals surface area (Å²) < 4.78 is 16.5. The molecule has 4 aromatic rings. The standard InChI is InChI=1S/C23H20N4O7S/c1-2-32-23(31)20-15(17-8-5-11-33-17)13-35-21(20)24-18(28)12-34-19(29)9-10-27-22(30)14-6-3-4-7-16(14)25-26-27/h3-8,11,13H,2,9-10,12H2,1H3,(H,24,28). The lowest BCUT2D eigenvalue weighted by atomic mass is 10.1. The number of nitrogens with zero attached hydrogens (tertiary/aromatic N) is 3. The van der Waals surface area contributed by atoms with Crippen LogP contribution in [0.15, 0.2) is 57.3 Å². The van der Waals surface area contributed by atoms with Crippen LogP contribution in [-0.2, 0) is 25.6 Å². The van der Waals surface area contributed by atoms with Gasteiger partial charge in [0.15, 0.2) is 6.61 Å². The summed E-state index contributed by atoms with van der Waals surface area (Å²) in [4.78, 5) is 49.4. The van der Waals surface area contributed by atoms with Gasteiger partial charge in [0, 0.05) is 10.9 Å². The number of esters is 2. The van der Waals surface area contributed by atoms with Crippen LogP contribution >= 0.6 is 11.3 Å². The third-order valence-corrected chi connectivity index (χ3v) is 5.73. The van der Waals surface area contributed by atoms with Gasteiger partial charge in [-0.3, -0.25) is 14.4 Å². The molecule has 0 fully saturated rings. The molecule has 12 heteroatoms. The van der Waals surface area contributed by atoms with Gasteiger partial charge in [0.25, 0.3) is 11.5 Å². The fraction of sp³-hybridized carbons (Fsp3) is 0.217. The Kier molecular flexibility index (Phi) is 7.31. The molecule has 11 nitrogen and oxygen atoms in total. The highest BCUT2D eigenvalue weighted by Gasteiger charge is 2.24. The minimum Gasteiger partial charge on any atom is -0.464 e. The summed E-state index contributed by atoms with van der Waals surface area (Å²) in [5.74, 6) is -1.51. The van der Waals surface area contributed by atoms with Crippen LogP contribution in [0.5, 0.6) is 0 Å². The average Bonchev–Trinajstić information content (AvgIpc) is 3.53. The molecule has 0 aliphatic rings. The molecule has 0 saturated heterocycles. The van der Waals surface area contributed by atoms with Crippen molar-refractivity contribution in [3.05, 3.63) is 64.0 Å². The quantitative estimate of drug-likeness (QED) is 0.346. The summed E-state index contributed by atoms with van der Waals surface area (Å²) >= 11 is 1.11. The van der Waals surface area contributed by atoms with Gasteiger partial charge < -0.3 is 19.2 Å². The van der Waals surface area contributed by atoms with E-state index in [1.165, 1.54) is 6.26 Å². The Bertz CT molecular complexity index is 1430. The van der Waals surface area contributed by atoms with Crippen LogP contribution in [0.1, 0.15) is 23.7 Å². The van der Waals surface area contributed by atoms with Gasteiger partial charge in [-0.25, -0.2) is 9.48 Å². The molecule has 180 valence electrons. The number of anilines is 1. The third-order valence-electron chi connectivity index (χ3n) is 4.83. The molecule has 0 radical (unpaired) electrons. The summed E-state index contributed by atoms with van der Waals surface area (Å²) in [5.41, 5.74) is 0.713. The fourth-order valence-electron chi connectivity index (χ4n) is 3.22. The highest BCUT2D eigenvalue weighted by atomic mass is 32.1. The first-order chi connectivity index (χ1) is 17.0. The van der Waals surface area contributed by atoms with Crippen LogP contribution in [0, 0.1) is 0 Å². The number of carbonyl (C=O) groups excluding carboxylic acids is 3. The molecule has 0 bridgehead atoms. The molecule has 4 rings (SSSR count). The van der Waals surface area contributed by atoms with Gasteiger partial charge in [-0.2, -0.15) is 0 Å². The predicted octanol–water partition coefficient (Wildman–Crippen LogP) is 2.86. The van der Waals surface area contributed by atoms with E-state index in [4.69, 9.17) is 13.9 Å². The van der Waals surface area contributed by atoms with Gasteiger partial charge in [0.05, 0.1) is 31.2 Å². The molecule has 3 aromatic heterocycles. The zero-order valence-corrected chi connectivity index (χ0v) is 19.4. The smallest absolute Gasteiger partial charge is 0.341 e. The van der Waals surface area contributed by atoms with Gasteiger partial charge >= 0.3 is 11.9 Å². The monoisotopic (exact) mass is 496 g/mol. The van der Waals surface area contributed by atoms with Gasteiger partial charge in [-0.15, -0.1) is 16.4 Å². The second kappa shape index (κ2) is 10.7. The molecule has 1 amide bonds. The molecule has 35 heavy (non-hydrogen) atoms. The van der Waals surface area contributed by atoms with Crippen LogP contribution in [-0.4, -0.2) is 46.1 Å². The zero-order valence-electron chi connectivity index (χ0n) is 18.6. The van der Waals surface area contributed by atoms with Gasteiger partial charge in [0.2, 0.25) is 0 Å². The first-order valence-electron chi connectivity index (χ1n) is 10.6. The van der Waals surface area contributed by atoms with Crippen molar-refractivity contribution in [1.29, 1.82) is 0 Å². The van der Waals surface area contributed by atoms with Crippen LogP contribution in [0.4, 0.5) is 5.00 Å². The number of thiophene rings is 1. The van der Waals surface area contributed by atoms with Crippen molar-refractivity contribution in [2.75, 3.05) is 18.5 Å². The largest absolute Gasteiger partial charge is 0.464 e. The number of nitrogens with one attached hydrogen (secondary N) is 1. The van der Waals surface area contributed by atoms with E-state index < -0.39 is 24.5 Å². The van der Waals surface area contributed by atoms with E-state index in [1.54, 1.807) is 48.7 Å². The number of ether oxygens (including phenoxy) is 2. The van der Waals surface area contributed by atoms with Gasteiger partial charge in [0.1, 0.15) is 21.8 Å². The van der Waals surface area contributed by atoms with Gasteiger partial charge in [-0.05, 0) is 31.2 Å². The van der Waals surface area contributed by atoms with E-state index in [2.05, 4.69) is 15.6 Å². The Morgan fingerprint density at radius 3 is 2.74 bits per heavy atom. The molecular weight excluding hydrogens is 476 g/mol. The maximum absolute atomic E-state index is 12.5. The highest BCUT2D eigenvalue weighted by Crippen LogP contribution is 2.36. The summed E-state index contributed by atoms with van der Waals surface area (Å²) in [7, 11) is 0. The van der Waals surface area contributed by atoms with Crippen LogP contribution in [0.3, 0.4) is 0 Å². The van der Waals surface area contributed by atoms with Crippen molar-refractivity contribution in [2.45, 2.75) is 19.9 Å². The van der Waals surface area contributed by atoms with E-state index in [9.17, 15) is 19.2 Å². The Labute approximate surface area is 202 Å². The van der Waals surface area contributed by atoms with Crippen molar-refractivity contribution in [1.82, 2.24) is 15.0 Å². The topological polar surface area (TPSA) is 143 Å². The van der Waals surface area contributed by atoms with Crippen molar-refractivity contribution < 1.29 is 28.3 Å². The summed E-state index contributed by atoms with van der Waals surface area (Å²) in [6.07, 6.45) is 1.28. The lowest BCUT2D eigenvalue weighted by molar-refractivity contribution is -0.147. The molecule has 1 aromatic carbocycles. The summed E-state index contributed by atoms with van der Waals surface area (Å²) in [6, 6.07) is 10.1. The van der Waals surface area contributed by atoms with Crippen molar-refractivity contribution in [2.24, 2.45) is 0 Å².